The van der Waals surface area contributed by atoms with Crippen LogP contribution in [0.1, 0.15) is 6.92 Å². The van der Waals surface area contributed by atoms with Gasteiger partial charge in [-0.3, -0.25) is 4.79 Å². The van der Waals surface area contributed by atoms with Gasteiger partial charge in [0.2, 0.25) is 5.91 Å². The monoisotopic (exact) mass is 183 g/mol. The van der Waals surface area contributed by atoms with E-state index in [1.54, 1.807) is 6.92 Å². The van der Waals surface area contributed by atoms with Crippen molar-refractivity contribution in [3.8, 4) is 0 Å². The van der Waals surface area contributed by atoms with Crippen LogP contribution in [0, 0.1) is 0 Å². The zero-order valence-corrected chi connectivity index (χ0v) is 7.63. The first-order valence-corrected chi connectivity index (χ1v) is 3.81. The van der Waals surface area contributed by atoms with E-state index in [0.717, 1.165) is 6.08 Å². The largest absolute Gasteiger partial charge is 0.460 e. The summed E-state index contributed by atoms with van der Waals surface area (Å²) in [6.45, 7) is 8.66. The van der Waals surface area contributed by atoms with Crippen molar-refractivity contribution in [2.24, 2.45) is 0 Å². The Hall–Kier alpha value is -1.58. The minimum Gasteiger partial charge on any atom is -0.460 e. The van der Waals surface area contributed by atoms with Gasteiger partial charge in [-0.05, 0) is 13.0 Å². The number of carbonyl (C=O) groups is 2. The van der Waals surface area contributed by atoms with E-state index in [1.807, 2.05) is 0 Å². The molecule has 0 bridgehead atoms. The first kappa shape index (κ1) is 11.4. The highest BCUT2D eigenvalue weighted by atomic mass is 16.5. The summed E-state index contributed by atoms with van der Waals surface area (Å²) in [6, 6.07) is 0. The lowest BCUT2D eigenvalue weighted by Crippen LogP contribution is -2.26. The predicted octanol–water partition coefficient (Wildman–Crippen LogP) is 0.408. The maximum absolute atomic E-state index is 10.8. The highest BCUT2D eigenvalue weighted by Crippen LogP contribution is 1.90. The maximum Gasteiger partial charge on any atom is 0.333 e. The third kappa shape index (κ3) is 5.66. The average molecular weight is 183 g/mol. The zero-order chi connectivity index (χ0) is 10.3. The average Bonchev–Trinajstić information content (AvgIpc) is 2.11. The standard InChI is InChI=1S/C9H13NO3/c1-4-8(11)10-5-6-13-9(12)7(2)3/h4H,1-2,5-6H2,3H3,(H,10,11). The van der Waals surface area contributed by atoms with Gasteiger partial charge < -0.3 is 10.1 Å². The summed E-state index contributed by atoms with van der Waals surface area (Å²) >= 11 is 0. The van der Waals surface area contributed by atoms with Crippen LogP contribution < -0.4 is 5.32 Å². The summed E-state index contributed by atoms with van der Waals surface area (Å²) in [4.78, 5) is 21.4. The molecule has 4 heteroatoms. The van der Waals surface area contributed by atoms with Crippen LogP contribution in [-0.4, -0.2) is 25.0 Å². The fourth-order valence-corrected chi connectivity index (χ4v) is 0.513. The van der Waals surface area contributed by atoms with Crippen LogP contribution in [0.2, 0.25) is 0 Å². The summed E-state index contributed by atoms with van der Waals surface area (Å²) in [5.74, 6) is -0.737. The van der Waals surface area contributed by atoms with Gasteiger partial charge in [0.25, 0.3) is 0 Å². The van der Waals surface area contributed by atoms with E-state index >= 15 is 0 Å². The van der Waals surface area contributed by atoms with Gasteiger partial charge in [-0.2, -0.15) is 0 Å². The summed E-state index contributed by atoms with van der Waals surface area (Å²) in [5, 5.41) is 2.46. The topological polar surface area (TPSA) is 55.4 Å². The number of hydrogen-bond donors (Lipinski definition) is 1. The van der Waals surface area contributed by atoms with Crippen LogP contribution in [-0.2, 0) is 14.3 Å². The molecule has 0 saturated carbocycles. The van der Waals surface area contributed by atoms with Crippen molar-refractivity contribution in [3.05, 3.63) is 24.8 Å². The second kappa shape index (κ2) is 5.99. The molecule has 0 aromatic heterocycles. The van der Waals surface area contributed by atoms with E-state index in [2.05, 4.69) is 18.5 Å². The van der Waals surface area contributed by atoms with Crippen LogP contribution in [0.3, 0.4) is 0 Å². The van der Waals surface area contributed by atoms with Gasteiger partial charge in [-0.25, -0.2) is 4.79 Å². The molecule has 4 nitrogen and oxygen atoms in total. The lowest BCUT2D eigenvalue weighted by atomic mass is 10.4. The summed E-state index contributed by atoms with van der Waals surface area (Å²) < 4.78 is 4.71. The van der Waals surface area contributed by atoms with Gasteiger partial charge in [-0.1, -0.05) is 13.2 Å². The quantitative estimate of drug-likeness (QED) is 0.381. The number of hydrogen-bond acceptors (Lipinski definition) is 3. The van der Waals surface area contributed by atoms with Gasteiger partial charge in [0.15, 0.2) is 0 Å². The minimum atomic E-state index is -0.451. The Balaban J connectivity index is 3.46. The number of ether oxygens (including phenoxy) is 1. The van der Waals surface area contributed by atoms with Crippen LogP contribution >= 0.6 is 0 Å². The van der Waals surface area contributed by atoms with Crippen molar-refractivity contribution < 1.29 is 14.3 Å². The molecule has 0 unspecified atom stereocenters. The Kier molecular flexibility index (Phi) is 5.27. The van der Waals surface area contributed by atoms with E-state index in [0.29, 0.717) is 5.57 Å². The first-order chi connectivity index (χ1) is 6.07. The van der Waals surface area contributed by atoms with E-state index in [4.69, 9.17) is 4.74 Å². The SMILES string of the molecule is C=CC(=O)NCCOC(=O)C(=C)C. The van der Waals surface area contributed by atoms with E-state index < -0.39 is 5.97 Å². The van der Waals surface area contributed by atoms with Gasteiger partial charge in [0, 0.05) is 5.57 Å². The molecule has 72 valence electrons. The minimum absolute atomic E-state index is 0.144. The molecule has 0 radical (unpaired) electrons. The predicted molar refractivity (Wildman–Crippen MR) is 49.0 cm³/mol. The number of amides is 1. The smallest absolute Gasteiger partial charge is 0.333 e. The summed E-state index contributed by atoms with van der Waals surface area (Å²) in [7, 11) is 0. The van der Waals surface area contributed by atoms with E-state index in [1.165, 1.54) is 0 Å². The third-order valence-electron chi connectivity index (χ3n) is 1.17. The number of rotatable bonds is 5. The molecule has 1 amide bonds. The molecule has 0 atom stereocenters. The van der Waals surface area contributed by atoms with Crippen LogP contribution in [0.4, 0.5) is 0 Å². The molecule has 1 N–H and O–H groups in total. The molecule has 0 aliphatic heterocycles. The highest BCUT2D eigenvalue weighted by molar-refractivity contribution is 5.87. The fourth-order valence-electron chi connectivity index (χ4n) is 0.513. The molecule has 0 aliphatic rings. The van der Waals surface area contributed by atoms with Crippen LogP contribution in [0.5, 0.6) is 0 Å². The van der Waals surface area contributed by atoms with E-state index in [-0.39, 0.29) is 19.1 Å². The number of esters is 1. The van der Waals surface area contributed by atoms with Gasteiger partial charge in [0.05, 0.1) is 6.54 Å². The van der Waals surface area contributed by atoms with Crippen molar-refractivity contribution >= 4 is 11.9 Å². The molecule has 0 fully saturated rings. The molecule has 13 heavy (non-hydrogen) atoms. The molecule has 0 aromatic rings. The fraction of sp³-hybridized carbons (Fsp3) is 0.333. The first-order valence-electron chi connectivity index (χ1n) is 3.81. The summed E-state index contributed by atoms with van der Waals surface area (Å²) in [5.41, 5.74) is 0.343. The molecular weight excluding hydrogens is 170 g/mol. The second-order valence-electron chi connectivity index (χ2n) is 2.41. The van der Waals surface area contributed by atoms with Gasteiger partial charge in [0.1, 0.15) is 6.61 Å². The maximum atomic E-state index is 10.8. The molecular formula is C9H13NO3. The lowest BCUT2D eigenvalue weighted by molar-refractivity contribution is -0.139. The molecule has 0 spiro atoms. The van der Waals surface area contributed by atoms with Crippen molar-refractivity contribution in [2.75, 3.05) is 13.2 Å². The number of nitrogens with one attached hydrogen (secondary N) is 1. The van der Waals surface area contributed by atoms with Crippen molar-refractivity contribution in [1.29, 1.82) is 0 Å². The molecule has 0 rings (SSSR count). The van der Waals surface area contributed by atoms with Crippen molar-refractivity contribution in [2.45, 2.75) is 6.92 Å². The Bertz CT molecular complexity index is 233. The molecule has 0 saturated heterocycles. The molecule has 0 heterocycles. The normalized spacial score (nSPS) is 8.69. The second-order valence-corrected chi connectivity index (χ2v) is 2.41. The molecule has 0 aromatic carbocycles. The van der Waals surface area contributed by atoms with Gasteiger partial charge >= 0.3 is 5.97 Å². The Morgan fingerprint density at radius 3 is 2.62 bits per heavy atom. The Morgan fingerprint density at radius 1 is 1.54 bits per heavy atom. The third-order valence-corrected chi connectivity index (χ3v) is 1.17. The van der Waals surface area contributed by atoms with Crippen molar-refractivity contribution in [1.82, 2.24) is 5.32 Å². The highest BCUT2D eigenvalue weighted by Gasteiger charge is 2.01. The van der Waals surface area contributed by atoms with Crippen molar-refractivity contribution in [3.63, 3.8) is 0 Å². The van der Waals surface area contributed by atoms with Gasteiger partial charge in [-0.15, -0.1) is 0 Å². The van der Waals surface area contributed by atoms with E-state index in [9.17, 15) is 9.59 Å². The Morgan fingerprint density at radius 2 is 2.15 bits per heavy atom. The Labute approximate surface area is 77.3 Å². The molecule has 0 aliphatic carbocycles. The van der Waals surface area contributed by atoms with Crippen LogP contribution in [0.15, 0.2) is 24.8 Å². The van der Waals surface area contributed by atoms with Crippen LogP contribution in [0.25, 0.3) is 0 Å². The lowest BCUT2D eigenvalue weighted by Gasteiger charge is -2.04. The summed E-state index contributed by atoms with van der Waals surface area (Å²) in [6.07, 6.45) is 1.15. The number of carbonyl (C=O) groups excluding carboxylic acids is 2. The zero-order valence-electron chi connectivity index (χ0n) is 7.63.